The zero-order valence-corrected chi connectivity index (χ0v) is 12.1. The van der Waals surface area contributed by atoms with E-state index in [1.165, 1.54) is 37.7 Å². The van der Waals surface area contributed by atoms with Gasteiger partial charge in [-0.1, -0.05) is 18.0 Å². The number of likely N-dealkylation sites (tertiary alicyclic amines) is 1. The van der Waals surface area contributed by atoms with E-state index < -0.39 is 0 Å². The molecule has 0 aromatic carbocycles. The van der Waals surface area contributed by atoms with E-state index in [0.717, 1.165) is 28.8 Å². The fourth-order valence-electron chi connectivity index (χ4n) is 2.34. The van der Waals surface area contributed by atoms with Crippen LogP contribution < -0.4 is 0 Å². The van der Waals surface area contributed by atoms with E-state index in [-0.39, 0.29) is 11.9 Å². The summed E-state index contributed by atoms with van der Waals surface area (Å²) in [6.07, 6.45) is 3.74. The average molecular weight is 288 g/mol. The molecule has 1 saturated heterocycles. The van der Waals surface area contributed by atoms with Gasteiger partial charge in [0, 0.05) is 11.4 Å². The standard InChI is InChI=1S/C13H18ClNO2S/c1-17-13(16)10(11-5-6-12(14)18-11)9-15-7-3-2-4-8-15/h5-6,10H,2-4,7-9H2,1H3. The van der Waals surface area contributed by atoms with Crippen molar-refractivity contribution in [2.24, 2.45) is 0 Å². The van der Waals surface area contributed by atoms with Crippen molar-refractivity contribution in [1.82, 2.24) is 4.90 Å². The molecule has 0 amide bonds. The molecular weight excluding hydrogens is 270 g/mol. The first-order valence-corrected chi connectivity index (χ1v) is 7.45. The lowest BCUT2D eigenvalue weighted by molar-refractivity contribution is -0.142. The number of thiophene rings is 1. The number of carbonyl (C=O) groups excluding carboxylic acids is 1. The highest BCUT2D eigenvalue weighted by molar-refractivity contribution is 7.16. The lowest BCUT2D eigenvalue weighted by atomic mass is 10.0. The van der Waals surface area contributed by atoms with E-state index in [2.05, 4.69) is 4.90 Å². The smallest absolute Gasteiger partial charge is 0.315 e. The van der Waals surface area contributed by atoms with Crippen LogP contribution >= 0.6 is 22.9 Å². The van der Waals surface area contributed by atoms with E-state index in [0.29, 0.717) is 0 Å². The van der Waals surface area contributed by atoms with Crippen LogP contribution in [0.5, 0.6) is 0 Å². The summed E-state index contributed by atoms with van der Waals surface area (Å²) >= 11 is 7.41. The molecule has 0 spiro atoms. The number of methoxy groups -OCH3 is 1. The molecule has 1 aromatic heterocycles. The summed E-state index contributed by atoms with van der Waals surface area (Å²) < 4.78 is 5.64. The maximum Gasteiger partial charge on any atom is 0.315 e. The van der Waals surface area contributed by atoms with Gasteiger partial charge in [-0.2, -0.15) is 0 Å². The number of esters is 1. The van der Waals surface area contributed by atoms with E-state index in [1.807, 2.05) is 12.1 Å². The molecule has 0 aliphatic carbocycles. The molecule has 2 heterocycles. The number of carbonyl (C=O) groups is 1. The Morgan fingerprint density at radius 1 is 1.44 bits per heavy atom. The number of piperidine rings is 1. The fourth-order valence-corrected chi connectivity index (χ4v) is 3.48. The summed E-state index contributed by atoms with van der Waals surface area (Å²) in [5, 5.41) is 0. The number of hydrogen-bond acceptors (Lipinski definition) is 4. The molecule has 1 unspecified atom stereocenters. The highest BCUT2D eigenvalue weighted by Crippen LogP contribution is 2.30. The maximum absolute atomic E-state index is 11.9. The second-order valence-electron chi connectivity index (χ2n) is 4.58. The van der Waals surface area contributed by atoms with Gasteiger partial charge in [-0.25, -0.2) is 0 Å². The van der Waals surface area contributed by atoms with Crippen molar-refractivity contribution in [3.8, 4) is 0 Å². The molecule has 1 aliphatic heterocycles. The summed E-state index contributed by atoms with van der Waals surface area (Å²) in [5.41, 5.74) is 0. The molecular formula is C13H18ClNO2S. The molecule has 5 heteroatoms. The SMILES string of the molecule is COC(=O)C(CN1CCCCC1)c1ccc(Cl)s1. The average Bonchev–Trinajstić information content (AvgIpc) is 2.83. The molecule has 0 bridgehead atoms. The first-order valence-electron chi connectivity index (χ1n) is 6.26. The molecule has 1 fully saturated rings. The van der Waals surface area contributed by atoms with Crippen molar-refractivity contribution in [2.45, 2.75) is 25.2 Å². The zero-order chi connectivity index (χ0) is 13.0. The Labute approximate surface area is 117 Å². The minimum Gasteiger partial charge on any atom is -0.468 e. The van der Waals surface area contributed by atoms with E-state index in [1.54, 1.807) is 0 Å². The van der Waals surface area contributed by atoms with Gasteiger partial charge in [-0.15, -0.1) is 11.3 Å². The monoisotopic (exact) mass is 287 g/mol. The second-order valence-corrected chi connectivity index (χ2v) is 6.33. The summed E-state index contributed by atoms with van der Waals surface area (Å²) in [5.74, 6) is -0.371. The van der Waals surface area contributed by atoms with Crippen LogP contribution in [0.25, 0.3) is 0 Å². The van der Waals surface area contributed by atoms with Crippen molar-refractivity contribution < 1.29 is 9.53 Å². The van der Waals surface area contributed by atoms with Gasteiger partial charge in [0.2, 0.25) is 0 Å². The molecule has 0 N–H and O–H groups in total. The first-order chi connectivity index (χ1) is 8.70. The molecule has 0 radical (unpaired) electrons. The zero-order valence-electron chi connectivity index (χ0n) is 10.5. The quantitative estimate of drug-likeness (QED) is 0.797. The summed E-state index contributed by atoms with van der Waals surface area (Å²) in [6.45, 7) is 2.89. The Morgan fingerprint density at radius 2 is 2.17 bits per heavy atom. The Bertz CT molecular complexity index is 401. The lowest BCUT2D eigenvalue weighted by Gasteiger charge is -2.29. The number of halogens is 1. The fraction of sp³-hybridized carbons (Fsp3) is 0.615. The highest BCUT2D eigenvalue weighted by atomic mass is 35.5. The van der Waals surface area contributed by atoms with Gasteiger partial charge in [0.1, 0.15) is 5.92 Å². The number of ether oxygens (including phenoxy) is 1. The lowest BCUT2D eigenvalue weighted by Crippen LogP contribution is -2.35. The summed E-state index contributed by atoms with van der Waals surface area (Å²) in [7, 11) is 1.45. The Balaban J connectivity index is 2.07. The van der Waals surface area contributed by atoms with Crippen molar-refractivity contribution in [2.75, 3.05) is 26.7 Å². The topological polar surface area (TPSA) is 29.5 Å². The Hall–Kier alpha value is -0.580. The van der Waals surface area contributed by atoms with E-state index >= 15 is 0 Å². The van der Waals surface area contributed by atoms with Gasteiger partial charge in [-0.05, 0) is 38.1 Å². The first kappa shape index (κ1) is 13.8. The van der Waals surface area contributed by atoms with Gasteiger partial charge >= 0.3 is 5.97 Å². The third-order valence-electron chi connectivity index (χ3n) is 3.31. The minimum atomic E-state index is -0.203. The van der Waals surface area contributed by atoms with Crippen LogP contribution in [0.4, 0.5) is 0 Å². The largest absolute Gasteiger partial charge is 0.468 e. The van der Waals surface area contributed by atoms with Crippen LogP contribution in [-0.2, 0) is 9.53 Å². The van der Waals surface area contributed by atoms with Gasteiger partial charge < -0.3 is 9.64 Å². The maximum atomic E-state index is 11.9. The number of rotatable bonds is 4. The van der Waals surface area contributed by atoms with Crippen molar-refractivity contribution in [1.29, 1.82) is 0 Å². The van der Waals surface area contributed by atoms with Gasteiger partial charge in [0.05, 0.1) is 11.4 Å². The van der Waals surface area contributed by atoms with Gasteiger partial charge in [0.15, 0.2) is 0 Å². The Morgan fingerprint density at radius 3 is 2.72 bits per heavy atom. The molecule has 1 aromatic rings. The van der Waals surface area contributed by atoms with Crippen LogP contribution in [0.2, 0.25) is 4.34 Å². The van der Waals surface area contributed by atoms with Gasteiger partial charge in [-0.3, -0.25) is 4.79 Å². The molecule has 100 valence electrons. The number of hydrogen-bond donors (Lipinski definition) is 0. The highest BCUT2D eigenvalue weighted by Gasteiger charge is 2.26. The second kappa shape index (κ2) is 6.55. The molecule has 1 aliphatic rings. The van der Waals surface area contributed by atoms with E-state index in [4.69, 9.17) is 16.3 Å². The van der Waals surface area contributed by atoms with Crippen molar-refractivity contribution in [3.63, 3.8) is 0 Å². The Kier molecular flexibility index (Phi) is 5.03. The van der Waals surface area contributed by atoms with Crippen LogP contribution in [0, 0.1) is 0 Å². The third-order valence-corrected chi connectivity index (χ3v) is 4.66. The number of nitrogens with zero attached hydrogens (tertiary/aromatic N) is 1. The summed E-state index contributed by atoms with van der Waals surface area (Å²) in [6, 6.07) is 3.77. The van der Waals surface area contributed by atoms with E-state index in [9.17, 15) is 4.79 Å². The van der Waals surface area contributed by atoms with Crippen molar-refractivity contribution in [3.05, 3.63) is 21.3 Å². The third kappa shape index (κ3) is 3.46. The van der Waals surface area contributed by atoms with Crippen LogP contribution in [0.1, 0.15) is 30.1 Å². The molecule has 3 nitrogen and oxygen atoms in total. The molecule has 1 atom stereocenters. The van der Waals surface area contributed by atoms with Crippen LogP contribution in [0.3, 0.4) is 0 Å². The predicted octanol–water partition coefficient (Wildman–Crippen LogP) is 3.14. The molecule has 18 heavy (non-hydrogen) atoms. The van der Waals surface area contributed by atoms with Crippen LogP contribution in [-0.4, -0.2) is 37.6 Å². The van der Waals surface area contributed by atoms with Crippen molar-refractivity contribution >= 4 is 28.9 Å². The predicted molar refractivity (Wildman–Crippen MR) is 74.4 cm³/mol. The van der Waals surface area contributed by atoms with Gasteiger partial charge in [0.25, 0.3) is 0 Å². The van der Waals surface area contributed by atoms with Crippen LogP contribution in [0.15, 0.2) is 12.1 Å². The summed E-state index contributed by atoms with van der Waals surface area (Å²) in [4.78, 5) is 15.3. The minimum absolute atomic E-state index is 0.168. The molecule has 0 saturated carbocycles. The molecule has 2 rings (SSSR count). The normalized spacial score (nSPS) is 18.6.